The Morgan fingerprint density at radius 3 is 2.75 bits per heavy atom. The van der Waals surface area contributed by atoms with Crippen LogP contribution in [0.1, 0.15) is 36.8 Å². The van der Waals surface area contributed by atoms with Gasteiger partial charge in [-0.1, -0.05) is 23.7 Å². The maximum Gasteiger partial charge on any atom is 0.341 e. The van der Waals surface area contributed by atoms with Crippen molar-refractivity contribution < 1.29 is 27.5 Å². The zero-order chi connectivity index (χ0) is 28.7. The van der Waals surface area contributed by atoms with Crippen LogP contribution < -0.4 is 11.1 Å². The summed E-state index contributed by atoms with van der Waals surface area (Å²) < 4.78 is 35.6. The Kier molecular flexibility index (Phi) is 7.98. The van der Waals surface area contributed by atoms with Crippen LogP contribution in [-0.4, -0.2) is 75.9 Å². The number of piperidine rings is 1. The van der Waals surface area contributed by atoms with Gasteiger partial charge in [0.1, 0.15) is 0 Å². The summed E-state index contributed by atoms with van der Waals surface area (Å²) in [5.41, 5.74) is 8.88. The molecular weight excluding hydrogens is 554 g/mol. The minimum Gasteiger partial charge on any atom is -0.448 e. The van der Waals surface area contributed by atoms with Crippen molar-refractivity contribution >= 4 is 38.9 Å². The Hall–Kier alpha value is -2.92. The maximum absolute atomic E-state index is 13.2. The van der Waals surface area contributed by atoms with E-state index in [4.69, 9.17) is 26.8 Å². The number of likely N-dealkylation sites (tertiary alicyclic amines) is 1. The zero-order valence-electron chi connectivity index (χ0n) is 22.7. The number of sulfone groups is 1. The van der Waals surface area contributed by atoms with Crippen molar-refractivity contribution in [1.82, 2.24) is 10.2 Å². The van der Waals surface area contributed by atoms with E-state index >= 15 is 0 Å². The van der Waals surface area contributed by atoms with Gasteiger partial charge in [-0.2, -0.15) is 0 Å². The average molecular weight is 588 g/mol. The fourth-order valence-corrected chi connectivity index (χ4v) is 6.72. The van der Waals surface area contributed by atoms with E-state index < -0.39 is 21.4 Å². The minimum absolute atomic E-state index is 0.0682. The molecule has 2 fully saturated rings. The van der Waals surface area contributed by atoms with Crippen LogP contribution >= 0.6 is 11.6 Å². The monoisotopic (exact) mass is 587 g/mol. The van der Waals surface area contributed by atoms with Gasteiger partial charge in [-0.3, -0.25) is 9.69 Å². The number of esters is 1. The number of halogens is 1. The Morgan fingerprint density at radius 1 is 1.23 bits per heavy atom. The fraction of sp³-hybridized carbons (Fsp3) is 0.448. The van der Waals surface area contributed by atoms with Crippen molar-refractivity contribution in [2.75, 3.05) is 39.0 Å². The molecule has 2 saturated heterocycles. The molecule has 2 aromatic rings. The number of amides is 1. The molecule has 214 valence electrons. The van der Waals surface area contributed by atoms with Gasteiger partial charge in [-0.25, -0.2) is 13.2 Å². The largest absolute Gasteiger partial charge is 0.448 e. The molecule has 0 aromatic heterocycles. The molecule has 0 saturated carbocycles. The second-order valence-electron chi connectivity index (χ2n) is 10.9. The van der Waals surface area contributed by atoms with Gasteiger partial charge in [-0.05, 0) is 80.1 Å². The highest BCUT2D eigenvalue weighted by Gasteiger charge is 2.49. The number of nitrogens with one attached hydrogen (secondary N) is 1. The molecule has 0 radical (unpaired) electrons. The summed E-state index contributed by atoms with van der Waals surface area (Å²) in [6.45, 7) is 4.28. The van der Waals surface area contributed by atoms with Gasteiger partial charge in [0.2, 0.25) is 5.91 Å². The molecule has 0 bridgehead atoms. The van der Waals surface area contributed by atoms with Crippen LogP contribution in [0.2, 0.25) is 5.02 Å². The number of carbonyl (C=O) groups is 2. The van der Waals surface area contributed by atoms with Gasteiger partial charge >= 0.3 is 5.97 Å². The summed E-state index contributed by atoms with van der Waals surface area (Å²) in [5.74, 6) is -0.619. The SMILES string of the molecule is Cc1cc(-c2cccc(S(C)(=O)=O)c2)c(Cl)cc1C1=C(N)C2(CCCN(CC(=O)NCC3CCCO3)C2)OC1=O. The maximum atomic E-state index is 13.2. The predicted molar refractivity (Wildman–Crippen MR) is 152 cm³/mol. The van der Waals surface area contributed by atoms with Crippen LogP contribution in [0.25, 0.3) is 16.7 Å². The Balaban J connectivity index is 1.37. The summed E-state index contributed by atoms with van der Waals surface area (Å²) >= 11 is 6.68. The second-order valence-corrected chi connectivity index (χ2v) is 13.3. The van der Waals surface area contributed by atoms with E-state index in [9.17, 15) is 18.0 Å². The first-order valence-corrected chi connectivity index (χ1v) is 15.7. The van der Waals surface area contributed by atoms with E-state index in [2.05, 4.69) is 5.32 Å². The molecule has 2 atom stereocenters. The molecule has 1 spiro atoms. The number of rotatable bonds is 7. The molecule has 3 N–H and O–H groups in total. The van der Waals surface area contributed by atoms with Crippen molar-refractivity contribution in [1.29, 1.82) is 0 Å². The number of hydrogen-bond donors (Lipinski definition) is 2. The lowest BCUT2D eigenvalue weighted by atomic mass is 9.86. The Morgan fingerprint density at radius 2 is 2.02 bits per heavy atom. The first kappa shape index (κ1) is 28.6. The molecule has 3 aliphatic heterocycles. The number of ether oxygens (including phenoxy) is 2. The van der Waals surface area contributed by atoms with Crippen LogP contribution in [0.15, 0.2) is 47.0 Å². The number of benzene rings is 2. The third-order valence-corrected chi connectivity index (χ3v) is 9.28. The lowest BCUT2D eigenvalue weighted by molar-refractivity contribution is -0.149. The molecule has 40 heavy (non-hydrogen) atoms. The molecule has 0 aliphatic carbocycles. The highest BCUT2D eigenvalue weighted by atomic mass is 35.5. The quantitative estimate of drug-likeness (QED) is 0.473. The first-order valence-electron chi connectivity index (χ1n) is 13.4. The van der Waals surface area contributed by atoms with Gasteiger partial charge in [-0.15, -0.1) is 0 Å². The van der Waals surface area contributed by atoms with E-state index in [1.165, 1.54) is 6.07 Å². The van der Waals surface area contributed by atoms with Gasteiger partial charge in [0.25, 0.3) is 0 Å². The van der Waals surface area contributed by atoms with Crippen molar-refractivity contribution in [3.8, 4) is 11.1 Å². The average Bonchev–Trinajstić information content (AvgIpc) is 3.50. The zero-order valence-corrected chi connectivity index (χ0v) is 24.2. The molecule has 2 aromatic carbocycles. The number of nitrogens with zero attached hydrogens (tertiary/aromatic N) is 1. The Bertz CT molecular complexity index is 1480. The normalized spacial score (nSPS) is 23.6. The number of hydrogen-bond acceptors (Lipinski definition) is 8. The predicted octanol–water partition coefficient (Wildman–Crippen LogP) is 3.08. The van der Waals surface area contributed by atoms with E-state index in [1.807, 2.05) is 17.9 Å². The lowest BCUT2D eigenvalue weighted by Gasteiger charge is -2.39. The molecule has 1 amide bonds. The van der Waals surface area contributed by atoms with Gasteiger partial charge in [0.05, 0.1) is 28.8 Å². The summed E-state index contributed by atoms with van der Waals surface area (Å²) in [7, 11) is -3.39. The number of carbonyl (C=O) groups excluding carboxylic acids is 2. The fourth-order valence-electron chi connectivity index (χ4n) is 5.78. The molecule has 9 nitrogen and oxygen atoms in total. The van der Waals surface area contributed by atoms with Crippen LogP contribution in [0.4, 0.5) is 0 Å². The van der Waals surface area contributed by atoms with E-state index in [0.29, 0.717) is 53.5 Å². The van der Waals surface area contributed by atoms with E-state index in [0.717, 1.165) is 37.7 Å². The van der Waals surface area contributed by atoms with E-state index in [-0.39, 0.29) is 29.0 Å². The third kappa shape index (κ3) is 5.76. The van der Waals surface area contributed by atoms with Gasteiger partial charge in [0.15, 0.2) is 15.4 Å². The minimum atomic E-state index is -3.39. The van der Waals surface area contributed by atoms with Crippen LogP contribution in [0.3, 0.4) is 0 Å². The van der Waals surface area contributed by atoms with Crippen molar-refractivity contribution in [2.45, 2.75) is 49.2 Å². The summed E-state index contributed by atoms with van der Waals surface area (Å²) in [6.07, 6.45) is 4.46. The van der Waals surface area contributed by atoms with Crippen LogP contribution in [0, 0.1) is 6.92 Å². The third-order valence-electron chi connectivity index (χ3n) is 7.86. The Labute approximate surface area is 239 Å². The van der Waals surface area contributed by atoms with Crippen LogP contribution in [-0.2, 0) is 28.9 Å². The topological polar surface area (TPSA) is 128 Å². The van der Waals surface area contributed by atoms with Crippen molar-refractivity contribution in [3.63, 3.8) is 0 Å². The molecule has 5 rings (SSSR count). The number of nitrogens with two attached hydrogens (primary N) is 1. The summed E-state index contributed by atoms with van der Waals surface area (Å²) in [5, 5.41) is 3.30. The van der Waals surface area contributed by atoms with Crippen molar-refractivity contribution in [3.05, 3.63) is 58.2 Å². The van der Waals surface area contributed by atoms with E-state index in [1.54, 1.807) is 24.3 Å². The summed E-state index contributed by atoms with van der Waals surface area (Å²) in [4.78, 5) is 28.0. The second kappa shape index (κ2) is 11.2. The van der Waals surface area contributed by atoms with Gasteiger partial charge < -0.3 is 20.5 Å². The molecular formula is C29H34ClN3O6S. The standard InChI is InChI=1S/C29H34ClN3O6S/c1-18-12-23(19-6-3-8-21(13-19)40(2,36)37)24(30)14-22(18)26-27(31)29(39-28(26)35)9-5-10-33(17-29)16-25(34)32-15-20-7-4-11-38-20/h3,6,8,12-14,20H,4-5,7,9-11,15-17,31H2,1-2H3,(H,32,34). The first-order chi connectivity index (χ1) is 19.0. The van der Waals surface area contributed by atoms with Crippen molar-refractivity contribution in [2.24, 2.45) is 5.73 Å². The smallest absolute Gasteiger partial charge is 0.341 e. The highest BCUT2D eigenvalue weighted by molar-refractivity contribution is 7.90. The molecule has 3 aliphatic rings. The molecule has 11 heteroatoms. The lowest BCUT2D eigenvalue weighted by Crippen LogP contribution is -2.53. The summed E-state index contributed by atoms with van der Waals surface area (Å²) in [6, 6.07) is 10.1. The van der Waals surface area contributed by atoms with Crippen LogP contribution in [0.5, 0.6) is 0 Å². The highest BCUT2D eigenvalue weighted by Crippen LogP contribution is 2.43. The van der Waals surface area contributed by atoms with Gasteiger partial charge in [0, 0.05) is 36.5 Å². The molecule has 3 heterocycles. The number of aryl methyl sites for hydroxylation is 1. The molecule has 2 unspecified atom stereocenters.